The normalized spacial score (nSPS) is 14.4. The van der Waals surface area contributed by atoms with Gasteiger partial charge in [-0.05, 0) is 37.1 Å². The largest absolute Gasteiger partial charge is 0.351 e. The molecule has 120 valence electrons. The van der Waals surface area contributed by atoms with Crippen molar-refractivity contribution in [3.05, 3.63) is 35.4 Å². The van der Waals surface area contributed by atoms with E-state index in [4.69, 9.17) is 0 Å². The van der Waals surface area contributed by atoms with Gasteiger partial charge in [0.25, 0.3) is 5.91 Å². The fourth-order valence-electron chi connectivity index (χ4n) is 2.52. The van der Waals surface area contributed by atoms with E-state index < -0.39 is 0 Å². The molecule has 0 spiro atoms. The number of nitrogens with zero attached hydrogens (tertiary/aromatic N) is 1. The summed E-state index contributed by atoms with van der Waals surface area (Å²) in [5, 5.41) is 6.13. The second-order valence-electron chi connectivity index (χ2n) is 5.62. The molecule has 5 heteroatoms. The van der Waals surface area contributed by atoms with Crippen LogP contribution in [0.2, 0.25) is 0 Å². The van der Waals surface area contributed by atoms with Crippen LogP contribution in [-0.2, 0) is 11.3 Å². The van der Waals surface area contributed by atoms with Gasteiger partial charge in [-0.3, -0.25) is 9.59 Å². The second kappa shape index (κ2) is 8.54. The maximum absolute atomic E-state index is 12.0. The molecule has 0 bridgehead atoms. The molecule has 1 aliphatic heterocycles. The summed E-state index contributed by atoms with van der Waals surface area (Å²) >= 11 is 0. The lowest BCUT2D eigenvalue weighted by molar-refractivity contribution is -0.128. The zero-order valence-electron chi connectivity index (χ0n) is 13.2. The van der Waals surface area contributed by atoms with Crippen molar-refractivity contribution in [2.24, 2.45) is 0 Å². The summed E-state index contributed by atoms with van der Waals surface area (Å²) in [5.74, 6) is 0.170. The molecule has 0 aliphatic carbocycles. The van der Waals surface area contributed by atoms with Gasteiger partial charge < -0.3 is 15.5 Å². The van der Waals surface area contributed by atoms with Crippen molar-refractivity contribution in [3.8, 4) is 0 Å². The van der Waals surface area contributed by atoms with E-state index in [9.17, 15) is 9.59 Å². The van der Waals surface area contributed by atoms with E-state index in [0.717, 1.165) is 38.0 Å². The SMILES string of the molecule is CCCNCCNC(=O)c1ccc(CN2CCCC2=O)cc1. The number of amides is 2. The maximum Gasteiger partial charge on any atom is 0.251 e. The van der Waals surface area contributed by atoms with Gasteiger partial charge in [-0.15, -0.1) is 0 Å². The highest BCUT2D eigenvalue weighted by molar-refractivity contribution is 5.94. The summed E-state index contributed by atoms with van der Waals surface area (Å²) in [7, 11) is 0. The van der Waals surface area contributed by atoms with E-state index in [0.29, 0.717) is 25.1 Å². The van der Waals surface area contributed by atoms with Crippen LogP contribution >= 0.6 is 0 Å². The van der Waals surface area contributed by atoms with Crippen molar-refractivity contribution in [3.63, 3.8) is 0 Å². The Hall–Kier alpha value is -1.88. The number of benzene rings is 1. The summed E-state index contributed by atoms with van der Waals surface area (Å²) in [6.07, 6.45) is 2.70. The average Bonchev–Trinajstić information content (AvgIpc) is 2.93. The van der Waals surface area contributed by atoms with Gasteiger partial charge in [-0.25, -0.2) is 0 Å². The zero-order chi connectivity index (χ0) is 15.8. The molecule has 0 aromatic heterocycles. The second-order valence-corrected chi connectivity index (χ2v) is 5.62. The minimum Gasteiger partial charge on any atom is -0.351 e. The lowest BCUT2D eigenvalue weighted by atomic mass is 10.1. The first-order valence-electron chi connectivity index (χ1n) is 8.06. The number of rotatable bonds is 8. The fraction of sp³-hybridized carbons (Fsp3) is 0.529. The molecule has 0 radical (unpaired) electrons. The van der Waals surface area contributed by atoms with Crippen LogP contribution in [-0.4, -0.2) is 42.9 Å². The van der Waals surface area contributed by atoms with E-state index in [2.05, 4.69) is 17.6 Å². The van der Waals surface area contributed by atoms with Gasteiger partial charge in [0.1, 0.15) is 0 Å². The lowest BCUT2D eigenvalue weighted by Crippen LogP contribution is -2.32. The van der Waals surface area contributed by atoms with Crippen LogP contribution < -0.4 is 10.6 Å². The molecule has 0 atom stereocenters. The Morgan fingerprint density at radius 2 is 1.95 bits per heavy atom. The summed E-state index contributed by atoms with van der Waals surface area (Å²) in [6, 6.07) is 7.50. The van der Waals surface area contributed by atoms with Crippen LogP contribution in [0.1, 0.15) is 42.1 Å². The Morgan fingerprint density at radius 1 is 1.18 bits per heavy atom. The van der Waals surface area contributed by atoms with Crippen molar-refractivity contribution in [1.29, 1.82) is 0 Å². The number of nitrogens with one attached hydrogen (secondary N) is 2. The van der Waals surface area contributed by atoms with Crippen molar-refractivity contribution in [2.45, 2.75) is 32.7 Å². The van der Waals surface area contributed by atoms with Crippen LogP contribution in [0.3, 0.4) is 0 Å². The summed E-state index contributed by atoms with van der Waals surface area (Å²) in [4.78, 5) is 25.5. The van der Waals surface area contributed by atoms with Crippen LogP contribution in [0.15, 0.2) is 24.3 Å². The minimum atomic E-state index is -0.0536. The molecule has 1 fully saturated rings. The van der Waals surface area contributed by atoms with Crippen LogP contribution in [0.5, 0.6) is 0 Å². The standard InChI is InChI=1S/C17H25N3O2/c1-2-9-18-10-11-19-17(22)15-7-5-14(6-8-15)13-20-12-3-4-16(20)21/h5-8,18H,2-4,9-13H2,1H3,(H,19,22). The molecule has 1 heterocycles. The average molecular weight is 303 g/mol. The van der Waals surface area contributed by atoms with E-state index in [-0.39, 0.29) is 11.8 Å². The highest BCUT2D eigenvalue weighted by Crippen LogP contribution is 2.14. The molecule has 2 rings (SSSR count). The van der Waals surface area contributed by atoms with Crippen molar-refractivity contribution >= 4 is 11.8 Å². The molecule has 0 unspecified atom stereocenters. The van der Waals surface area contributed by atoms with Gasteiger partial charge >= 0.3 is 0 Å². The Morgan fingerprint density at radius 3 is 2.59 bits per heavy atom. The molecule has 0 saturated carbocycles. The molecule has 5 nitrogen and oxygen atoms in total. The minimum absolute atomic E-state index is 0.0536. The van der Waals surface area contributed by atoms with E-state index in [1.165, 1.54) is 0 Å². The first-order valence-corrected chi connectivity index (χ1v) is 8.06. The molecule has 1 aromatic carbocycles. The predicted molar refractivity (Wildman–Crippen MR) is 86.6 cm³/mol. The number of carbonyl (C=O) groups excluding carboxylic acids is 2. The summed E-state index contributed by atoms with van der Waals surface area (Å²) < 4.78 is 0. The zero-order valence-corrected chi connectivity index (χ0v) is 13.2. The number of hydrogen-bond donors (Lipinski definition) is 2. The predicted octanol–water partition coefficient (Wildman–Crippen LogP) is 1.54. The van der Waals surface area contributed by atoms with Gasteiger partial charge in [-0.1, -0.05) is 19.1 Å². The molecule has 1 saturated heterocycles. The fourth-order valence-corrected chi connectivity index (χ4v) is 2.52. The first-order chi connectivity index (χ1) is 10.7. The molecule has 22 heavy (non-hydrogen) atoms. The smallest absolute Gasteiger partial charge is 0.251 e. The molecule has 2 amide bonds. The molecule has 2 N–H and O–H groups in total. The van der Waals surface area contributed by atoms with Crippen LogP contribution in [0.25, 0.3) is 0 Å². The van der Waals surface area contributed by atoms with Gasteiger partial charge in [0, 0.05) is 38.2 Å². The van der Waals surface area contributed by atoms with Gasteiger partial charge in [0.2, 0.25) is 5.91 Å². The Labute approximate surface area is 132 Å². The number of carbonyl (C=O) groups is 2. The number of likely N-dealkylation sites (tertiary alicyclic amines) is 1. The van der Waals surface area contributed by atoms with E-state index >= 15 is 0 Å². The maximum atomic E-state index is 12.0. The van der Waals surface area contributed by atoms with Crippen LogP contribution in [0.4, 0.5) is 0 Å². The first kappa shape index (κ1) is 16.5. The van der Waals surface area contributed by atoms with Gasteiger partial charge in [0.05, 0.1) is 0 Å². The third-order valence-corrected chi connectivity index (χ3v) is 3.78. The Balaban J connectivity index is 1.78. The third kappa shape index (κ3) is 4.84. The highest BCUT2D eigenvalue weighted by Gasteiger charge is 2.19. The van der Waals surface area contributed by atoms with Crippen molar-refractivity contribution < 1.29 is 9.59 Å². The Bertz CT molecular complexity index is 499. The molecular weight excluding hydrogens is 278 g/mol. The number of hydrogen-bond acceptors (Lipinski definition) is 3. The van der Waals surface area contributed by atoms with Gasteiger partial charge in [0.15, 0.2) is 0 Å². The van der Waals surface area contributed by atoms with E-state index in [1.807, 2.05) is 29.2 Å². The lowest BCUT2D eigenvalue weighted by Gasteiger charge is -2.15. The molecule has 1 aromatic rings. The Kier molecular flexibility index (Phi) is 6.40. The van der Waals surface area contributed by atoms with Crippen molar-refractivity contribution in [2.75, 3.05) is 26.2 Å². The highest BCUT2D eigenvalue weighted by atomic mass is 16.2. The van der Waals surface area contributed by atoms with Crippen molar-refractivity contribution in [1.82, 2.24) is 15.5 Å². The van der Waals surface area contributed by atoms with E-state index in [1.54, 1.807) is 0 Å². The third-order valence-electron chi connectivity index (χ3n) is 3.78. The molecule has 1 aliphatic rings. The van der Waals surface area contributed by atoms with Gasteiger partial charge in [-0.2, -0.15) is 0 Å². The summed E-state index contributed by atoms with van der Waals surface area (Å²) in [5.41, 5.74) is 1.73. The summed E-state index contributed by atoms with van der Waals surface area (Å²) in [6.45, 7) is 5.98. The quantitative estimate of drug-likeness (QED) is 0.716. The molecular formula is C17H25N3O2. The van der Waals surface area contributed by atoms with Crippen LogP contribution in [0, 0.1) is 0 Å². The monoisotopic (exact) mass is 303 g/mol. The topological polar surface area (TPSA) is 61.4 Å².